The molecule has 0 bridgehead atoms. The maximum absolute atomic E-state index is 12.5. The number of anilines is 3. The van der Waals surface area contributed by atoms with Crippen LogP contribution in [0.3, 0.4) is 0 Å². The molecule has 2 N–H and O–H groups in total. The number of rotatable bonds is 11. The van der Waals surface area contributed by atoms with E-state index in [1.807, 2.05) is 60.4 Å². The number of urea groups is 1. The summed E-state index contributed by atoms with van der Waals surface area (Å²) in [6.07, 6.45) is 6.53. The van der Waals surface area contributed by atoms with Gasteiger partial charge in [0.1, 0.15) is 5.75 Å². The number of carbonyl (C=O) groups excluding carboxylic acids is 2. The van der Waals surface area contributed by atoms with Crippen LogP contribution >= 0.6 is 0 Å². The zero-order valence-electron chi connectivity index (χ0n) is 20.5. The van der Waals surface area contributed by atoms with Crippen molar-refractivity contribution in [3.8, 4) is 5.75 Å². The lowest BCUT2D eigenvalue weighted by molar-refractivity contribution is -0.131. The minimum Gasteiger partial charge on any atom is -0.494 e. The van der Waals surface area contributed by atoms with Gasteiger partial charge in [0.05, 0.1) is 6.61 Å². The van der Waals surface area contributed by atoms with Crippen LogP contribution in [0.15, 0.2) is 48.5 Å². The van der Waals surface area contributed by atoms with Gasteiger partial charge in [-0.25, -0.2) is 4.79 Å². The van der Waals surface area contributed by atoms with E-state index in [-0.39, 0.29) is 11.9 Å². The van der Waals surface area contributed by atoms with Crippen molar-refractivity contribution in [2.24, 2.45) is 0 Å². The van der Waals surface area contributed by atoms with Crippen LogP contribution in [0.1, 0.15) is 52.4 Å². The first-order chi connectivity index (χ1) is 16.6. The highest BCUT2D eigenvalue weighted by molar-refractivity contribution is 5.99. The van der Waals surface area contributed by atoms with E-state index in [0.29, 0.717) is 18.7 Å². The Hall–Kier alpha value is -3.22. The van der Waals surface area contributed by atoms with Crippen molar-refractivity contribution in [1.82, 2.24) is 4.90 Å². The summed E-state index contributed by atoms with van der Waals surface area (Å²) in [6, 6.07) is 14.8. The fraction of sp³-hybridized carbons (Fsp3) is 0.481. The van der Waals surface area contributed by atoms with Gasteiger partial charge in [0, 0.05) is 49.7 Å². The SMILES string of the molecule is CCCCCCCC(=O)N1CCN(c2ccc(NC(=O)Nc3ccc(OCC)cc3)cc2)CC1. The van der Waals surface area contributed by atoms with Crippen molar-refractivity contribution in [2.45, 2.75) is 52.4 Å². The van der Waals surface area contributed by atoms with Gasteiger partial charge in [-0.1, -0.05) is 32.6 Å². The molecule has 0 saturated carbocycles. The number of ether oxygens (including phenoxy) is 1. The highest BCUT2D eigenvalue weighted by atomic mass is 16.5. The molecule has 1 aliphatic heterocycles. The second kappa shape index (κ2) is 13.5. The molecule has 184 valence electrons. The second-order valence-electron chi connectivity index (χ2n) is 8.62. The van der Waals surface area contributed by atoms with Crippen molar-refractivity contribution in [3.63, 3.8) is 0 Å². The average Bonchev–Trinajstić information content (AvgIpc) is 2.86. The first-order valence-corrected chi connectivity index (χ1v) is 12.5. The van der Waals surface area contributed by atoms with Crippen LogP contribution < -0.4 is 20.3 Å². The molecule has 7 heteroatoms. The predicted molar refractivity (Wildman–Crippen MR) is 139 cm³/mol. The predicted octanol–water partition coefficient (Wildman–Crippen LogP) is 5.74. The third kappa shape index (κ3) is 7.97. The summed E-state index contributed by atoms with van der Waals surface area (Å²) < 4.78 is 5.42. The highest BCUT2D eigenvalue weighted by Crippen LogP contribution is 2.21. The lowest BCUT2D eigenvalue weighted by atomic mass is 10.1. The standard InChI is InChI=1S/C27H38N4O3/c1-3-5-6-7-8-9-26(32)31-20-18-30(19-21-31)24-14-10-22(11-15-24)28-27(33)29-23-12-16-25(17-13-23)34-4-2/h10-17H,3-9,18-21H2,1-2H3,(H2,28,29,33). The fourth-order valence-electron chi connectivity index (χ4n) is 4.10. The monoisotopic (exact) mass is 466 g/mol. The molecule has 1 heterocycles. The molecule has 3 amide bonds. The van der Waals surface area contributed by atoms with Gasteiger partial charge in [0.15, 0.2) is 0 Å². The Kier molecular flexibility index (Phi) is 10.1. The molecular weight excluding hydrogens is 428 g/mol. The molecule has 34 heavy (non-hydrogen) atoms. The molecule has 0 atom stereocenters. The molecule has 0 unspecified atom stereocenters. The number of benzene rings is 2. The Balaban J connectivity index is 1.40. The van der Waals surface area contributed by atoms with Crippen LogP contribution in [-0.2, 0) is 4.79 Å². The Morgan fingerprint density at radius 1 is 0.794 bits per heavy atom. The van der Waals surface area contributed by atoms with Crippen LogP contribution in [0.25, 0.3) is 0 Å². The number of nitrogens with zero attached hydrogens (tertiary/aromatic N) is 2. The second-order valence-corrected chi connectivity index (χ2v) is 8.62. The minimum absolute atomic E-state index is 0.286. The Morgan fingerprint density at radius 3 is 1.97 bits per heavy atom. The lowest BCUT2D eigenvalue weighted by Crippen LogP contribution is -2.48. The average molecular weight is 467 g/mol. The van der Waals surface area contributed by atoms with E-state index in [1.165, 1.54) is 19.3 Å². The first kappa shape index (κ1) is 25.4. The normalized spacial score (nSPS) is 13.5. The van der Waals surface area contributed by atoms with Crippen LogP contribution in [0, 0.1) is 0 Å². The summed E-state index contributed by atoms with van der Waals surface area (Å²) in [4.78, 5) is 29.0. The Morgan fingerprint density at radius 2 is 1.38 bits per heavy atom. The summed E-state index contributed by atoms with van der Waals surface area (Å²) >= 11 is 0. The molecule has 1 aliphatic rings. The molecule has 1 saturated heterocycles. The quantitative estimate of drug-likeness (QED) is 0.414. The number of carbonyl (C=O) groups is 2. The highest BCUT2D eigenvalue weighted by Gasteiger charge is 2.21. The van der Waals surface area contributed by atoms with E-state index < -0.39 is 0 Å². The van der Waals surface area contributed by atoms with Crippen LogP contribution in [0.4, 0.5) is 21.9 Å². The van der Waals surface area contributed by atoms with Gasteiger partial charge >= 0.3 is 6.03 Å². The largest absolute Gasteiger partial charge is 0.494 e. The molecule has 2 aromatic carbocycles. The summed E-state index contributed by atoms with van der Waals surface area (Å²) in [5.41, 5.74) is 2.53. The van der Waals surface area contributed by atoms with Crippen LogP contribution in [0.2, 0.25) is 0 Å². The molecule has 0 aliphatic carbocycles. The molecule has 0 aromatic heterocycles. The summed E-state index contributed by atoms with van der Waals surface area (Å²) in [6.45, 7) is 7.92. The Bertz CT molecular complexity index is 891. The van der Waals surface area contributed by atoms with Crippen molar-refractivity contribution < 1.29 is 14.3 Å². The number of hydrogen-bond donors (Lipinski definition) is 2. The van der Waals surface area contributed by atoms with Gasteiger partial charge in [0.25, 0.3) is 0 Å². The maximum Gasteiger partial charge on any atom is 0.323 e. The topological polar surface area (TPSA) is 73.9 Å². The van der Waals surface area contributed by atoms with E-state index in [4.69, 9.17) is 4.74 Å². The van der Waals surface area contributed by atoms with E-state index >= 15 is 0 Å². The molecule has 0 radical (unpaired) electrons. The Labute approximate surface area is 203 Å². The molecular formula is C27H38N4O3. The molecule has 7 nitrogen and oxygen atoms in total. The molecule has 3 rings (SSSR count). The lowest BCUT2D eigenvalue weighted by Gasteiger charge is -2.36. The van der Waals surface area contributed by atoms with E-state index in [1.54, 1.807) is 0 Å². The van der Waals surface area contributed by atoms with Gasteiger partial charge in [-0.2, -0.15) is 0 Å². The zero-order valence-corrected chi connectivity index (χ0v) is 20.5. The molecule has 2 aromatic rings. The zero-order chi connectivity index (χ0) is 24.2. The van der Waals surface area contributed by atoms with Crippen molar-refractivity contribution in [2.75, 3.05) is 48.3 Å². The van der Waals surface area contributed by atoms with Crippen LogP contribution in [0.5, 0.6) is 5.75 Å². The summed E-state index contributed by atoms with van der Waals surface area (Å²) in [7, 11) is 0. The first-order valence-electron chi connectivity index (χ1n) is 12.5. The number of hydrogen-bond acceptors (Lipinski definition) is 4. The number of piperazine rings is 1. The number of amides is 3. The van der Waals surface area contributed by atoms with Gasteiger partial charge in [-0.15, -0.1) is 0 Å². The van der Waals surface area contributed by atoms with E-state index in [2.05, 4.69) is 22.5 Å². The van der Waals surface area contributed by atoms with Gasteiger partial charge in [-0.3, -0.25) is 4.79 Å². The van der Waals surface area contributed by atoms with Crippen LogP contribution in [-0.4, -0.2) is 49.6 Å². The molecule has 1 fully saturated rings. The number of nitrogens with one attached hydrogen (secondary N) is 2. The fourth-order valence-corrected chi connectivity index (χ4v) is 4.10. The minimum atomic E-state index is -0.293. The van der Waals surface area contributed by atoms with Gasteiger partial charge in [0.2, 0.25) is 5.91 Å². The van der Waals surface area contributed by atoms with Gasteiger partial charge < -0.3 is 25.2 Å². The summed E-state index contributed by atoms with van der Waals surface area (Å²) in [5, 5.41) is 5.69. The molecule has 0 spiro atoms. The third-order valence-electron chi connectivity index (χ3n) is 6.04. The van der Waals surface area contributed by atoms with E-state index in [9.17, 15) is 9.59 Å². The summed E-state index contributed by atoms with van der Waals surface area (Å²) in [5.74, 6) is 1.06. The van der Waals surface area contributed by atoms with Gasteiger partial charge in [-0.05, 0) is 61.9 Å². The third-order valence-corrected chi connectivity index (χ3v) is 6.04. The van der Waals surface area contributed by atoms with Crippen molar-refractivity contribution in [3.05, 3.63) is 48.5 Å². The van der Waals surface area contributed by atoms with Crippen molar-refractivity contribution >= 4 is 29.0 Å². The smallest absolute Gasteiger partial charge is 0.323 e. The van der Waals surface area contributed by atoms with Crippen molar-refractivity contribution in [1.29, 1.82) is 0 Å². The number of unbranched alkanes of at least 4 members (excludes halogenated alkanes) is 4. The maximum atomic E-state index is 12.5. The van der Waals surface area contributed by atoms with E-state index in [0.717, 1.165) is 56.1 Å².